The monoisotopic (exact) mass is 305 g/mol. The zero-order chi connectivity index (χ0) is 15.4. The van der Waals surface area contributed by atoms with Gasteiger partial charge in [0, 0.05) is 39.1 Å². The molecule has 0 saturated carbocycles. The lowest BCUT2D eigenvalue weighted by atomic mass is 10.1. The first kappa shape index (κ1) is 15.4. The molecule has 2 aromatic rings. The first-order valence-electron chi connectivity index (χ1n) is 6.52. The Bertz CT molecular complexity index is 625. The van der Waals surface area contributed by atoms with E-state index >= 15 is 0 Å². The first-order chi connectivity index (χ1) is 10.0. The van der Waals surface area contributed by atoms with Gasteiger partial charge in [0.2, 0.25) is 0 Å². The summed E-state index contributed by atoms with van der Waals surface area (Å²) in [7, 11) is 7.04. The topological polar surface area (TPSA) is 47.4 Å². The second kappa shape index (κ2) is 6.67. The third kappa shape index (κ3) is 3.39. The molecular formula is C15H19N3O2S. The van der Waals surface area contributed by atoms with E-state index in [1.165, 1.54) is 11.8 Å². The van der Waals surface area contributed by atoms with Crippen LogP contribution in [0.2, 0.25) is 0 Å². The smallest absolute Gasteiger partial charge is 0.282 e. The zero-order valence-corrected chi connectivity index (χ0v) is 13.4. The molecule has 5 nitrogen and oxygen atoms in total. The molecule has 2 rings (SSSR count). The van der Waals surface area contributed by atoms with E-state index in [9.17, 15) is 4.79 Å². The number of aromatic nitrogens is 2. The molecule has 1 aromatic carbocycles. The van der Waals surface area contributed by atoms with Gasteiger partial charge in [-0.2, -0.15) is 0 Å². The van der Waals surface area contributed by atoms with Crippen molar-refractivity contribution in [2.45, 2.75) is 5.25 Å². The van der Waals surface area contributed by atoms with Gasteiger partial charge in [-0.25, -0.2) is 4.98 Å². The summed E-state index contributed by atoms with van der Waals surface area (Å²) in [6.45, 7) is 0. The van der Waals surface area contributed by atoms with Gasteiger partial charge in [-0.3, -0.25) is 4.79 Å². The van der Waals surface area contributed by atoms with Crippen molar-refractivity contribution in [2.75, 3.05) is 21.2 Å². The maximum Gasteiger partial charge on any atom is 0.282 e. The Morgan fingerprint density at radius 2 is 2.10 bits per heavy atom. The minimum absolute atomic E-state index is 0.0195. The number of carbonyl (C=O) groups is 1. The number of carbonyl (C=O) groups excluding carboxylic acids is 1. The molecule has 0 N–H and O–H groups in total. The molecule has 21 heavy (non-hydrogen) atoms. The Morgan fingerprint density at radius 1 is 1.38 bits per heavy atom. The van der Waals surface area contributed by atoms with Crippen LogP contribution in [0.1, 0.15) is 16.6 Å². The molecule has 1 atom stereocenters. The summed E-state index contributed by atoms with van der Waals surface area (Å²) >= 11 is 1.23. The molecule has 0 bridgehead atoms. The number of ether oxygens (including phenoxy) is 1. The van der Waals surface area contributed by atoms with Gasteiger partial charge in [0.25, 0.3) is 5.24 Å². The maximum absolute atomic E-state index is 12.1. The highest BCUT2D eigenvalue weighted by molar-refractivity contribution is 8.13. The molecule has 1 aromatic heterocycles. The van der Waals surface area contributed by atoms with Crippen LogP contribution in [0.4, 0.5) is 4.79 Å². The molecule has 6 heteroatoms. The number of thioether (sulfide) groups is 1. The van der Waals surface area contributed by atoms with Gasteiger partial charge < -0.3 is 14.2 Å². The second-order valence-electron chi connectivity index (χ2n) is 4.80. The number of methoxy groups -OCH3 is 1. The Hall–Kier alpha value is -1.95. The zero-order valence-electron chi connectivity index (χ0n) is 12.6. The van der Waals surface area contributed by atoms with Crippen LogP contribution in [-0.2, 0) is 7.05 Å². The molecule has 0 spiro atoms. The van der Waals surface area contributed by atoms with E-state index in [2.05, 4.69) is 4.98 Å². The average Bonchev–Trinajstić information content (AvgIpc) is 2.90. The number of amides is 1. The Kier molecular flexibility index (Phi) is 4.90. The van der Waals surface area contributed by atoms with Gasteiger partial charge in [-0.1, -0.05) is 18.2 Å². The standard InChI is InChI=1S/C15H19N3O2S/c1-17(2)15(19)21-13(14-16-9-10-18(14)3)11-7-5-6-8-12(11)20-4/h5-10,13H,1-4H3. The molecule has 1 heterocycles. The SMILES string of the molecule is COc1ccccc1C(SC(=O)N(C)C)c1nccn1C. The molecule has 0 fully saturated rings. The first-order valence-corrected chi connectivity index (χ1v) is 7.40. The maximum atomic E-state index is 12.1. The summed E-state index contributed by atoms with van der Waals surface area (Å²) in [4.78, 5) is 18.1. The van der Waals surface area contributed by atoms with Crippen molar-refractivity contribution < 1.29 is 9.53 Å². The van der Waals surface area contributed by atoms with Crippen LogP contribution < -0.4 is 4.74 Å². The van der Waals surface area contributed by atoms with Gasteiger partial charge in [-0.15, -0.1) is 0 Å². The molecule has 1 unspecified atom stereocenters. The predicted octanol–water partition coefficient (Wildman–Crippen LogP) is 2.93. The highest BCUT2D eigenvalue weighted by atomic mass is 32.2. The summed E-state index contributed by atoms with van der Waals surface area (Å²) in [6, 6.07) is 7.71. The van der Waals surface area contributed by atoms with Crippen molar-refractivity contribution in [2.24, 2.45) is 7.05 Å². The normalized spacial score (nSPS) is 12.0. The number of aryl methyl sites for hydroxylation is 1. The molecule has 0 aliphatic carbocycles. The van der Waals surface area contributed by atoms with Crippen LogP contribution >= 0.6 is 11.8 Å². The number of benzene rings is 1. The highest BCUT2D eigenvalue weighted by Gasteiger charge is 2.26. The van der Waals surface area contributed by atoms with E-state index in [1.54, 1.807) is 32.3 Å². The van der Waals surface area contributed by atoms with Crippen molar-refractivity contribution >= 4 is 17.0 Å². The number of nitrogens with zero attached hydrogens (tertiary/aromatic N) is 3. The highest BCUT2D eigenvalue weighted by Crippen LogP contribution is 2.40. The number of imidazole rings is 1. The molecule has 0 saturated heterocycles. The Morgan fingerprint density at radius 3 is 2.67 bits per heavy atom. The van der Waals surface area contributed by atoms with Gasteiger partial charge in [0.05, 0.1) is 7.11 Å². The van der Waals surface area contributed by atoms with E-state index in [-0.39, 0.29) is 10.5 Å². The lowest BCUT2D eigenvalue weighted by Crippen LogP contribution is -2.19. The van der Waals surface area contributed by atoms with Crippen LogP contribution in [-0.4, -0.2) is 40.9 Å². The van der Waals surface area contributed by atoms with E-state index in [0.717, 1.165) is 17.1 Å². The summed E-state index contributed by atoms with van der Waals surface area (Å²) in [5, 5.41) is -0.232. The van der Waals surface area contributed by atoms with Crippen molar-refractivity contribution in [3.8, 4) is 5.75 Å². The van der Waals surface area contributed by atoms with Gasteiger partial charge in [0.15, 0.2) is 0 Å². The van der Waals surface area contributed by atoms with Gasteiger partial charge >= 0.3 is 0 Å². The van der Waals surface area contributed by atoms with Crippen molar-refractivity contribution in [1.29, 1.82) is 0 Å². The van der Waals surface area contributed by atoms with Crippen LogP contribution in [0, 0.1) is 0 Å². The molecule has 0 aliphatic heterocycles. The molecule has 1 amide bonds. The van der Waals surface area contributed by atoms with Crippen LogP contribution in [0.3, 0.4) is 0 Å². The number of rotatable bonds is 4. The van der Waals surface area contributed by atoms with Gasteiger partial charge in [-0.05, 0) is 17.8 Å². The minimum atomic E-state index is -0.212. The third-order valence-corrected chi connectivity index (χ3v) is 4.37. The third-order valence-electron chi connectivity index (χ3n) is 3.10. The minimum Gasteiger partial charge on any atom is -0.496 e. The molecule has 0 radical (unpaired) electrons. The molecular weight excluding hydrogens is 286 g/mol. The fraction of sp³-hybridized carbons (Fsp3) is 0.333. The quantitative estimate of drug-likeness (QED) is 0.871. The van der Waals surface area contributed by atoms with Crippen LogP contribution in [0.15, 0.2) is 36.7 Å². The predicted molar refractivity (Wildman–Crippen MR) is 84.7 cm³/mol. The van der Waals surface area contributed by atoms with Crippen molar-refractivity contribution in [3.05, 3.63) is 48.0 Å². The van der Waals surface area contributed by atoms with Crippen LogP contribution in [0.5, 0.6) is 5.75 Å². The number of hydrogen-bond acceptors (Lipinski definition) is 4. The summed E-state index contributed by atoms with van der Waals surface area (Å²) in [5.74, 6) is 1.57. The second-order valence-corrected chi connectivity index (χ2v) is 5.85. The molecule has 112 valence electrons. The van der Waals surface area contributed by atoms with E-state index in [0.29, 0.717) is 0 Å². The van der Waals surface area contributed by atoms with E-state index in [1.807, 2.05) is 42.1 Å². The Labute approximate surface area is 128 Å². The summed E-state index contributed by atoms with van der Waals surface area (Å²) < 4.78 is 7.35. The van der Waals surface area contributed by atoms with E-state index < -0.39 is 0 Å². The van der Waals surface area contributed by atoms with Crippen molar-refractivity contribution in [3.63, 3.8) is 0 Å². The number of hydrogen-bond donors (Lipinski definition) is 0. The van der Waals surface area contributed by atoms with Gasteiger partial charge in [0.1, 0.15) is 16.8 Å². The fourth-order valence-electron chi connectivity index (χ4n) is 1.97. The summed E-state index contributed by atoms with van der Waals surface area (Å²) in [6.07, 6.45) is 3.61. The number of para-hydroxylation sites is 1. The largest absolute Gasteiger partial charge is 0.496 e. The van der Waals surface area contributed by atoms with E-state index in [4.69, 9.17) is 4.74 Å². The Balaban J connectivity index is 2.45. The van der Waals surface area contributed by atoms with Crippen LogP contribution in [0.25, 0.3) is 0 Å². The fourth-order valence-corrected chi connectivity index (χ4v) is 3.04. The average molecular weight is 305 g/mol. The summed E-state index contributed by atoms with van der Waals surface area (Å²) in [5.41, 5.74) is 0.939. The molecule has 0 aliphatic rings. The lowest BCUT2D eigenvalue weighted by Gasteiger charge is -2.20. The lowest BCUT2D eigenvalue weighted by molar-refractivity contribution is 0.241. The van der Waals surface area contributed by atoms with Crippen molar-refractivity contribution in [1.82, 2.24) is 14.5 Å².